The van der Waals surface area contributed by atoms with Crippen molar-refractivity contribution in [1.82, 2.24) is 19.7 Å². The number of hydrogen-bond acceptors (Lipinski definition) is 8. The molecule has 0 fully saturated rings. The van der Waals surface area contributed by atoms with Crippen molar-refractivity contribution in [3.05, 3.63) is 27.8 Å². The van der Waals surface area contributed by atoms with Crippen LogP contribution in [0.3, 0.4) is 0 Å². The lowest BCUT2D eigenvalue weighted by atomic mass is 10.2. The van der Waals surface area contributed by atoms with Crippen LogP contribution in [0.15, 0.2) is 6.20 Å². The highest BCUT2D eigenvalue weighted by Crippen LogP contribution is 2.37. The summed E-state index contributed by atoms with van der Waals surface area (Å²) in [7, 11) is -0.698. The minimum Gasteiger partial charge on any atom is -0.479 e. The van der Waals surface area contributed by atoms with E-state index in [1.807, 2.05) is 13.1 Å². The molecule has 0 aromatic carbocycles. The van der Waals surface area contributed by atoms with Crippen LogP contribution in [0.1, 0.15) is 32.3 Å². The maximum absolute atomic E-state index is 14.5. The van der Waals surface area contributed by atoms with E-state index >= 15 is 0 Å². The predicted molar refractivity (Wildman–Crippen MR) is 115 cm³/mol. The third kappa shape index (κ3) is 5.56. The molecule has 1 atom stereocenters. The first-order valence-electron chi connectivity index (χ1n) is 9.81. The predicted octanol–water partition coefficient (Wildman–Crippen LogP) is 3.93. The molecule has 12 heteroatoms. The van der Waals surface area contributed by atoms with Crippen molar-refractivity contribution in [2.75, 3.05) is 20.3 Å². The zero-order valence-corrected chi connectivity index (χ0v) is 20.2. The molecular formula is C19H30FN5O5Si. The fourth-order valence-electron chi connectivity index (χ4n) is 2.48. The number of rotatable bonds is 9. The molecule has 2 rings (SSSR count). The van der Waals surface area contributed by atoms with Crippen LogP contribution in [0.25, 0.3) is 5.69 Å². The summed E-state index contributed by atoms with van der Waals surface area (Å²) in [6.07, 6.45) is -0.0175. The van der Waals surface area contributed by atoms with E-state index in [1.165, 1.54) is 24.9 Å². The van der Waals surface area contributed by atoms with Gasteiger partial charge in [-0.2, -0.15) is 4.98 Å². The second kappa shape index (κ2) is 9.26. The Bertz CT molecular complexity index is 945. The van der Waals surface area contributed by atoms with Crippen molar-refractivity contribution < 1.29 is 23.2 Å². The average molecular weight is 456 g/mol. The Labute approximate surface area is 182 Å². The van der Waals surface area contributed by atoms with E-state index in [4.69, 9.17) is 13.9 Å². The zero-order chi connectivity index (χ0) is 23.6. The lowest BCUT2D eigenvalue weighted by Crippen LogP contribution is -2.42. The zero-order valence-electron chi connectivity index (χ0n) is 19.2. The van der Waals surface area contributed by atoms with Crippen molar-refractivity contribution in [2.45, 2.75) is 58.9 Å². The van der Waals surface area contributed by atoms with Crippen LogP contribution >= 0.6 is 0 Å². The average Bonchev–Trinajstić information content (AvgIpc) is 3.00. The van der Waals surface area contributed by atoms with Crippen molar-refractivity contribution >= 4 is 14.0 Å². The smallest absolute Gasteiger partial charge is 0.353 e. The van der Waals surface area contributed by atoms with Gasteiger partial charge in [-0.05, 0) is 32.0 Å². The third-order valence-electron chi connectivity index (χ3n) is 5.35. The lowest BCUT2D eigenvalue weighted by Gasteiger charge is -2.36. The maximum atomic E-state index is 14.5. The molecule has 172 valence electrons. The van der Waals surface area contributed by atoms with Crippen molar-refractivity contribution in [1.29, 1.82) is 0 Å². The summed E-state index contributed by atoms with van der Waals surface area (Å²) >= 11 is 0. The normalized spacial score (nSPS) is 13.2. The van der Waals surface area contributed by atoms with Gasteiger partial charge in [0.25, 0.3) is 0 Å². The molecule has 0 saturated heterocycles. The Morgan fingerprint density at radius 1 is 1.26 bits per heavy atom. The number of methoxy groups -OCH3 is 1. The summed E-state index contributed by atoms with van der Waals surface area (Å²) in [5.74, 6) is 0.379. The van der Waals surface area contributed by atoms with Gasteiger partial charge in [-0.15, -0.1) is 5.10 Å². The SMILES string of the molecule is COc1nc(C)ncc1-n1nc(OC[C@@H](F)CO[Si](C)(C)C(C)(C)C)c([N+](=O)[O-])c1C. The van der Waals surface area contributed by atoms with Gasteiger partial charge < -0.3 is 13.9 Å². The van der Waals surface area contributed by atoms with E-state index in [1.54, 1.807) is 6.92 Å². The lowest BCUT2D eigenvalue weighted by molar-refractivity contribution is -0.386. The molecule has 0 aliphatic heterocycles. The fourth-order valence-corrected chi connectivity index (χ4v) is 3.51. The quantitative estimate of drug-likeness (QED) is 0.317. The highest BCUT2D eigenvalue weighted by Gasteiger charge is 2.38. The van der Waals surface area contributed by atoms with Gasteiger partial charge >= 0.3 is 11.6 Å². The summed E-state index contributed by atoms with van der Waals surface area (Å²) in [5, 5.41) is 15.7. The number of hydrogen-bond donors (Lipinski definition) is 0. The van der Waals surface area contributed by atoms with E-state index < -0.39 is 26.0 Å². The molecule has 0 aliphatic carbocycles. The van der Waals surface area contributed by atoms with Gasteiger partial charge in [-0.1, -0.05) is 20.8 Å². The molecule has 0 amide bonds. The van der Waals surface area contributed by atoms with E-state index in [0.717, 1.165) is 0 Å². The molecule has 0 aliphatic rings. The number of nitro groups is 1. The molecule has 0 N–H and O–H groups in total. The van der Waals surface area contributed by atoms with Gasteiger partial charge in [-0.3, -0.25) is 10.1 Å². The minimum atomic E-state index is -2.12. The Morgan fingerprint density at radius 3 is 2.45 bits per heavy atom. The molecule has 31 heavy (non-hydrogen) atoms. The summed E-state index contributed by atoms with van der Waals surface area (Å²) in [6, 6.07) is 0. The monoisotopic (exact) mass is 455 g/mol. The van der Waals surface area contributed by atoms with E-state index in [-0.39, 0.29) is 34.8 Å². The molecule has 2 aromatic heterocycles. The highest BCUT2D eigenvalue weighted by molar-refractivity contribution is 6.74. The van der Waals surface area contributed by atoms with Crippen LogP contribution in [0.5, 0.6) is 11.8 Å². The van der Waals surface area contributed by atoms with Crippen LogP contribution in [-0.2, 0) is 4.43 Å². The second-order valence-corrected chi connectivity index (χ2v) is 13.5. The standard InChI is InChI=1S/C19H30FN5O5Si/c1-12-16(25(26)27)18(23-24(12)15-9-21-13(2)22-17(15)28-6)29-10-14(20)11-30-31(7,8)19(3,4)5/h9,14H,10-11H2,1-8H3/t14-/m1/s1. The topological polar surface area (TPSA) is 114 Å². The molecule has 0 bridgehead atoms. The fraction of sp³-hybridized carbons (Fsp3) is 0.632. The number of nitrogens with zero attached hydrogens (tertiary/aromatic N) is 5. The van der Waals surface area contributed by atoms with Crippen LogP contribution in [0, 0.1) is 24.0 Å². The van der Waals surface area contributed by atoms with Crippen molar-refractivity contribution in [2.24, 2.45) is 0 Å². The number of aromatic nitrogens is 4. The van der Waals surface area contributed by atoms with Crippen LogP contribution in [0.4, 0.5) is 10.1 Å². The van der Waals surface area contributed by atoms with Crippen LogP contribution in [0.2, 0.25) is 18.1 Å². The maximum Gasteiger partial charge on any atom is 0.353 e. The molecule has 0 unspecified atom stereocenters. The summed E-state index contributed by atoms with van der Waals surface area (Å²) in [6.45, 7) is 12.8. The van der Waals surface area contributed by atoms with Crippen LogP contribution in [-0.4, -0.2) is 59.5 Å². The second-order valence-electron chi connectivity index (χ2n) is 8.70. The van der Waals surface area contributed by atoms with Gasteiger partial charge in [-0.25, -0.2) is 14.1 Å². The van der Waals surface area contributed by atoms with Gasteiger partial charge in [0, 0.05) is 0 Å². The number of halogens is 1. The summed E-state index contributed by atoms with van der Waals surface area (Å²) in [5.41, 5.74) is 0.125. The Hall–Kier alpha value is -2.60. The van der Waals surface area contributed by atoms with Gasteiger partial charge in [0.2, 0.25) is 5.88 Å². The van der Waals surface area contributed by atoms with E-state index in [0.29, 0.717) is 11.5 Å². The van der Waals surface area contributed by atoms with Crippen LogP contribution < -0.4 is 9.47 Å². The first kappa shape index (κ1) is 24.7. The first-order valence-corrected chi connectivity index (χ1v) is 12.7. The molecule has 2 heterocycles. The van der Waals surface area contributed by atoms with Gasteiger partial charge in [0.15, 0.2) is 14.5 Å². The summed E-state index contributed by atoms with van der Waals surface area (Å²) in [4.78, 5) is 19.2. The Balaban J connectivity index is 2.22. The van der Waals surface area contributed by atoms with E-state index in [9.17, 15) is 14.5 Å². The summed E-state index contributed by atoms with van der Waals surface area (Å²) < 4.78 is 32.2. The molecule has 0 radical (unpaired) electrons. The van der Waals surface area contributed by atoms with Crippen molar-refractivity contribution in [3.8, 4) is 17.4 Å². The number of aryl methyl sites for hydroxylation is 1. The van der Waals surface area contributed by atoms with Gasteiger partial charge in [0.05, 0.1) is 24.8 Å². The molecule has 2 aromatic rings. The van der Waals surface area contributed by atoms with Crippen molar-refractivity contribution in [3.63, 3.8) is 0 Å². The Morgan fingerprint density at radius 2 is 1.90 bits per heavy atom. The molecule has 10 nitrogen and oxygen atoms in total. The highest BCUT2D eigenvalue weighted by atomic mass is 28.4. The largest absolute Gasteiger partial charge is 0.479 e. The van der Waals surface area contributed by atoms with Gasteiger partial charge in [0.1, 0.15) is 23.8 Å². The number of alkyl halides is 1. The van der Waals surface area contributed by atoms with E-state index in [2.05, 4.69) is 35.8 Å². The first-order chi connectivity index (χ1) is 14.3. The number of ether oxygens (including phenoxy) is 2. The minimum absolute atomic E-state index is 0.0581. The molecular weight excluding hydrogens is 425 g/mol. The molecule has 0 spiro atoms. The Kier molecular flexibility index (Phi) is 7.37. The third-order valence-corrected chi connectivity index (χ3v) is 9.85. The molecule has 0 saturated carbocycles.